The molecule has 1 heterocycles. The van der Waals surface area contributed by atoms with Gasteiger partial charge in [0.1, 0.15) is 12.8 Å². The van der Waals surface area contributed by atoms with Gasteiger partial charge in [0.05, 0.1) is 13.2 Å². The lowest BCUT2D eigenvalue weighted by molar-refractivity contribution is -0.0144. The fourth-order valence-corrected chi connectivity index (χ4v) is 3.03. The largest absolute Gasteiger partial charge is 0.445 e. The molecule has 0 bridgehead atoms. The number of carbonyl (C=O) groups is 1. The van der Waals surface area contributed by atoms with Crippen molar-refractivity contribution >= 4 is 17.7 Å². The minimum absolute atomic E-state index is 0.188. The third-order valence-electron chi connectivity index (χ3n) is 4.20. The molecule has 2 aromatic carbocycles. The highest BCUT2D eigenvalue weighted by molar-refractivity contribution is 6.30. The lowest BCUT2D eigenvalue weighted by atomic mass is 10.2. The summed E-state index contributed by atoms with van der Waals surface area (Å²) >= 11 is 5.99. The van der Waals surface area contributed by atoms with Gasteiger partial charge in [0, 0.05) is 18.1 Å². The van der Waals surface area contributed by atoms with Crippen molar-refractivity contribution in [2.24, 2.45) is 0 Å². The van der Waals surface area contributed by atoms with Crippen LogP contribution in [-0.4, -0.2) is 43.5 Å². The Bertz CT molecular complexity index is 711. The zero-order chi connectivity index (χ0) is 18.2. The number of carbonyl (C=O) groups excluding carboxylic acids is 1. The average molecular weight is 375 g/mol. The Labute approximate surface area is 158 Å². The fourth-order valence-electron chi connectivity index (χ4n) is 2.82. The Morgan fingerprint density at radius 3 is 2.77 bits per heavy atom. The van der Waals surface area contributed by atoms with Gasteiger partial charge < -0.3 is 14.4 Å². The molecule has 1 N–H and O–H groups in total. The highest BCUT2D eigenvalue weighted by Crippen LogP contribution is 2.12. The Balaban J connectivity index is 1.41. The molecule has 5 nitrogen and oxygen atoms in total. The molecule has 0 saturated carbocycles. The number of piperazine rings is 1. The molecule has 1 unspecified atom stereocenters. The number of nitrogens with one attached hydrogen (secondary N) is 1. The molecular formula is C20H23ClN2O3. The summed E-state index contributed by atoms with van der Waals surface area (Å²) in [6.07, 6.45) is 0.281. The number of hydrogen-bond acceptors (Lipinski definition) is 4. The van der Waals surface area contributed by atoms with E-state index in [1.807, 2.05) is 54.6 Å². The van der Waals surface area contributed by atoms with Crippen LogP contribution in [0.25, 0.3) is 0 Å². The molecule has 1 fully saturated rings. The van der Waals surface area contributed by atoms with Crippen molar-refractivity contribution < 1.29 is 14.3 Å². The van der Waals surface area contributed by atoms with Crippen LogP contribution in [0, 0.1) is 0 Å². The predicted octanol–water partition coefficient (Wildman–Crippen LogP) is 3.47. The lowest BCUT2D eigenvalue weighted by Gasteiger charge is -2.32. The zero-order valence-electron chi connectivity index (χ0n) is 14.6. The van der Waals surface area contributed by atoms with E-state index in [0.29, 0.717) is 26.2 Å². The van der Waals surface area contributed by atoms with Crippen LogP contribution < -0.4 is 5.32 Å². The first-order chi connectivity index (χ1) is 12.7. The molecule has 138 valence electrons. The average Bonchev–Trinajstić information content (AvgIpc) is 2.67. The van der Waals surface area contributed by atoms with Crippen LogP contribution in [0.15, 0.2) is 54.6 Å². The second-order valence-corrected chi connectivity index (χ2v) is 6.62. The zero-order valence-corrected chi connectivity index (χ0v) is 15.3. The van der Waals surface area contributed by atoms with Crippen molar-refractivity contribution in [3.05, 3.63) is 70.7 Å². The monoisotopic (exact) mass is 374 g/mol. The van der Waals surface area contributed by atoms with Crippen molar-refractivity contribution in [1.82, 2.24) is 10.2 Å². The van der Waals surface area contributed by atoms with Gasteiger partial charge in [-0.15, -0.1) is 0 Å². The number of amides is 1. The smallest absolute Gasteiger partial charge is 0.410 e. The summed E-state index contributed by atoms with van der Waals surface area (Å²) in [5.74, 6) is 0. The van der Waals surface area contributed by atoms with E-state index in [2.05, 4.69) is 5.32 Å². The number of benzene rings is 2. The summed E-state index contributed by atoms with van der Waals surface area (Å²) in [7, 11) is 0. The van der Waals surface area contributed by atoms with Crippen LogP contribution in [0.4, 0.5) is 4.79 Å². The third-order valence-corrected chi connectivity index (χ3v) is 4.44. The van der Waals surface area contributed by atoms with E-state index < -0.39 is 0 Å². The van der Waals surface area contributed by atoms with E-state index in [4.69, 9.17) is 21.1 Å². The van der Waals surface area contributed by atoms with Gasteiger partial charge in [0.2, 0.25) is 0 Å². The van der Waals surface area contributed by atoms with Gasteiger partial charge in [-0.1, -0.05) is 54.1 Å². The molecule has 1 aliphatic heterocycles. The first-order valence-corrected chi connectivity index (χ1v) is 9.13. The molecule has 0 aromatic heterocycles. The van der Waals surface area contributed by atoms with E-state index in [1.165, 1.54) is 0 Å². The first-order valence-electron chi connectivity index (χ1n) is 8.76. The predicted molar refractivity (Wildman–Crippen MR) is 101 cm³/mol. The van der Waals surface area contributed by atoms with Crippen LogP contribution in [0.3, 0.4) is 0 Å². The van der Waals surface area contributed by atoms with Crippen molar-refractivity contribution in [2.45, 2.75) is 19.3 Å². The molecule has 3 rings (SSSR count). The second kappa shape index (κ2) is 9.57. The number of nitrogens with zero attached hydrogens (tertiary/aromatic N) is 1. The quantitative estimate of drug-likeness (QED) is 0.841. The van der Waals surface area contributed by atoms with Crippen LogP contribution >= 0.6 is 11.6 Å². The van der Waals surface area contributed by atoms with E-state index >= 15 is 0 Å². The highest BCUT2D eigenvalue weighted by atomic mass is 35.5. The number of halogens is 1. The normalized spacial score (nSPS) is 17.1. The van der Waals surface area contributed by atoms with E-state index in [-0.39, 0.29) is 18.9 Å². The maximum atomic E-state index is 12.3. The van der Waals surface area contributed by atoms with Crippen molar-refractivity contribution in [1.29, 1.82) is 0 Å². The van der Waals surface area contributed by atoms with Gasteiger partial charge in [-0.3, -0.25) is 5.32 Å². The van der Waals surface area contributed by atoms with E-state index in [0.717, 1.165) is 22.6 Å². The molecule has 0 aliphatic carbocycles. The summed E-state index contributed by atoms with van der Waals surface area (Å²) in [5, 5.41) is 4.01. The number of rotatable bonds is 6. The minimum atomic E-state index is -0.307. The lowest BCUT2D eigenvalue weighted by Crippen LogP contribution is -2.53. The Morgan fingerprint density at radius 1 is 1.15 bits per heavy atom. The number of hydrogen-bond donors (Lipinski definition) is 1. The topological polar surface area (TPSA) is 50.8 Å². The molecule has 2 aromatic rings. The van der Waals surface area contributed by atoms with Crippen molar-refractivity contribution in [2.75, 3.05) is 26.2 Å². The van der Waals surface area contributed by atoms with Gasteiger partial charge in [0.15, 0.2) is 0 Å². The Hall–Kier alpha value is -2.08. The Morgan fingerprint density at radius 2 is 1.96 bits per heavy atom. The van der Waals surface area contributed by atoms with Gasteiger partial charge in [0.25, 0.3) is 0 Å². The van der Waals surface area contributed by atoms with Gasteiger partial charge >= 0.3 is 6.09 Å². The van der Waals surface area contributed by atoms with Crippen molar-refractivity contribution in [3.8, 4) is 0 Å². The molecule has 0 radical (unpaired) electrons. The maximum Gasteiger partial charge on any atom is 0.410 e. The second-order valence-electron chi connectivity index (χ2n) is 6.18. The molecule has 26 heavy (non-hydrogen) atoms. The third kappa shape index (κ3) is 5.73. The molecule has 1 atom stereocenters. The molecular weight excluding hydrogens is 352 g/mol. The number of ether oxygens (including phenoxy) is 2. The minimum Gasteiger partial charge on any atom is -0.445 e. The SMILES string of the molecule is O=C(OCc1ccccc1)N1CCNC(OCCc2cccc(Cl)c2)C1. The fraction of sp³-hybridized carbons (Fsp3) is 0.350. The van der Waals surface area contributed by atoms with Crippen LogP contribution in [0.5, 0.6) is 0 Å². The summed E-state index contributed by atoms with van der Waals surface area (Å²) in [6, 6.07) is 17.4. The molecule has 1 saturated heterocycles. The summed E-state index contributed by atoms with van der Waals surface area (Å²) in [6.45, 7) is 2.61. The first kappa shape index (κ1) is 18.7. The van der Waals surface area contributed by atoms with E-state index in [9.17, 15) is 4.79 Å². The van der Waals surface area contributed by atoms with Crippen molar-refractivity contribution in [3.63, 3.8) is 0 Å². The molecule has 1 amide bonds. The summed E-state index contributed by atoms with van der Waals surface area (Å²) in [5.41, 5.74) is 2.11. The maximum absolute atomic E-state index is 12.3. The van der Waals surface area contributed by atoms with Crippen LogP contribution in [0.2, 0.25) is 5.02 Å². The standard InChI is InChI=1S/C20H23ClN2O3/c21-18-8-4-7-16(13-18)9-12-25-19-14-23(11-10-22-19)20(24)26-15-17-5-2-1-3-6-17/h1-8,13,19,22H,9-12,14-15H2. The van der Waals surface area contributed by atoms with Crippen LogP contribution in [0.1, 0.15) is 11.1 Å². The van der Waals surface area contributed by atoms with Gasteiger partial charge in [-0.2, -0.15) is 0 Å². The summed E-state index contributed by atoms with van der Waals surface area (Å²) < 4.78 is 11.3. The van der Waals surface area contributed by atoms with Crippen LogP contribution in [-0.2, 0) is 22.5 Å². The molecule has 0 spiro atoms. The van der Waals surface area contributed by atoms with E-state index in [1.54, 1.807) is 4.90 Å². The highest BCUT2D eigenvalue weighted by Gasteiger charge is 2.24. The Kier molecular flexibility index (Phi) is 6.89. The summed E-state index contributed by atoms with van der Waals surface area (Å²) in [4.78, 5) is 13.9. The molecule has 6 heteroatoms. The van der Waals surface area contributed by atoms with Gasteiger partial charge in [-0.25, -0.2) is 4.79 Å². The molecule has 1 aliphatic rings. The van der Waals surface area contributed by atoms with Gasteiger partial charge in [-0.05, 0) is 29.7 Å².